The number of carbonyl (C=O) groups excluding carboxylic acids is 1. The van der Waals surface area contributed by atoms with Crippen LogP contribution < -0.4 is 15.6 Å². The fourth-order valence-electron chi connectivity index (χ4n) is 2.42. The van der Waals surface area contributed by atoms with Crippen molar-refractivity contribution < 1.29 is 9.53 Å². The van der Waals surface area contributed by atoms with E-state index in [0.717, 1.165) is 11.3 Å². The Morgan fingerprint density at radius 3 is 2.72 bits per heavy atom. The van der Waals surface area contributed by atoms with Crippen molar-refractivity contribution in [2.45, 2.75) is 26.9 Å². The van der Waals surface area contributed by atoms with E-state index in [-0.39, 0.29) is 18.1 Å². The van der Waals surface area contributed by atoms with E-state index >= 15 is 0 Å². The lowest BCUT2D eigenvalue weighted by atomic mass is 10.3. The minimum atomic E-state index is -0.134. The smallest absolute Gasteiger partial charge is 0.258 e. The molecule has 0 fully saturated rings. The first-order chi connectivity index (χ1) is 12.1. The maximum atomic E-state index is 12.2. The van der Waals surface area contributed by atoms with E-state index in [2.05, 4.69) is 10.3 Å². The Kier molecular flexibility index (Phi) is 4.79. The predicted octanol–water partition coefficient (Wildman–Crippen LogP) is 2.93. The second-order valence-electron chi connectivity index (χ2n) is 5.69. The standard InChI is InChI=1S/C19H19N3O3/c1-3-17(23)20-14-6-8-16(9-7-14)25-12-15-11-18(24)22-10-4-5-13(2)19(22)21-15/h4-11H,3,12H2,1-2H3,(H,20,23). The van der Waals surface area contributed by atoms with Gasteiger partial charge in [-0.3, -0.25) is 14.0 Å². The van der Waals surface area contributed by atoms with Crippen LogP contribution in [0.3, 0.4) is 0 Å². The van der Waals surface area contributed by atoms with Crippen LogP contribution in [0.4, 0.5) is 5.69 Å². The van der Waals surface area contributed by atoms with Gasteiger partial charge < -0.3 is 10.1 Å². The van der Waals surface area contributed by atoms with Crippen LogP contribution in [0.25, 0.3) is 5.65 Å². The number of aromatic nitrogens is 2. The van der Waals surface area contributed by atoms with Gasteiger partial charge in [0, 0.05) is 24.4 Å². The van der Waals surface area contributed by atoms with Crippen LogP contribution in [0.15, 0.2) is 53.5 Å². The van der Waals surface area contributed by atoms with Crippen molar-refractivity contribution in [3.8, 4) is 5.75 Å². The molecule has 25 heavy (non-hydrogen) atoms. The van der Waals surface area contributed by atoms with Gasteiger partial charge in [-0.1, -0.05) is 13.0 Å². The molecule has 1 amide bonds. The molecule has 3 rings (SSSR count). The number of nitrogens with one attached hydrogen (secondary N) is 1. The second-order valence-corrected chi connectivity index (χ2v) is 5.69. The normalized spacial score (nSPS) is 10.6. The number of fused-ring (bicyclic) bond motifs is 1. The molecular weight excluding hydrogens is 318 g/mol. The number of rotatable bonds is 5. The molecule has 0 atom stereocenters. The minimum absolute atomic E-state index is 0.0372. The zero-order valence-corrected chi connectivity index (χ0v) is 14.2. The van der Waals surface area contributed by atoms with E-state index in [4.69, 9.17) is 4.74 Å². The van der Waals surface area contributed by atoms with Crippen LogP contribution >= 0.6 is 0 Å². The predicted molar refractivity (Wildman–Crippen MR) is 95.9 cm³/mol. The average Bonchev–Trinajstić information content (AvgIpc) is 2.62. The van der Waals surface area contributed by atoms with Crippen molar-refractivity contribution in [1.82, 2.24) is 9.38 Å². The number of amides is 1. The highest BCUT2D eigenvalue weighted by molar-refractivity contribution is 5.90. The summed E-state index contributed by atoms with van der Waals surface area (Å²) in [5, 5.41) is 2.78. The Morgan fingerprint density at radius 2 is 2.00 bits per heavy atom. The lowest BCUT2D eigenvalue weighted by Crippen LogP contribution is -2.17. The summed E-state index contributed by atoms with van der Waals surface area (Å²) >= 11 is 0. The van der Waals surface area contributed by atoms with Gasteiger partial charge in [-0.15, -0.1) is 0 Å². The van der Waals surface area contributed by atoms with E-state index in [1.165, 1.54) is 10.5 Å². The lowest BCUT2D eigenvalue weighted by Gasteiger charge is -2.09. The van der Waals surface area contributed by atoms with Crippen LogP contribution in [0.5, 0.6) is 5.75 Å². The van der Waals surface area contributed by atoms with Crippen molar-refractivity contribution >= 4 is 17.2 Å². The number of aryl methyl sites for hydroxylation is 1. The summed E-state index contributed by atoms with van der Waals surface area (Å²) in [6.45, 7) is 3.91. The Bertz CT molecular complexity index is 962. The van der Waals surface area contributed by atoms with Crippen molar-refractivity contribution in [2.24, 2.45) is 0 Å². The quantitative estimate of drug-likeness (QED) is 0.777. The number of ether oxygens (including phenoxy) is 1. The van der Waals surface area contributed by atoms with Gasteiger partial charge in [0.15, 0.2) is 0 Å². The number of nitrogens with zero attached hydrogens (tertiary/aromatic N) is 2. The van der Waals surface area contributed by atoms with Crippen molar-refractivity contribution in [3.63, 3.8) is 0 Å². The number of benzene rings is 1. The molecule has 0 bridgehead atoms. The molecule has 2 aromatic heterocycles. The maximum absolute atomic E-state index is 12.2. The number of anilines is 1. The summed E-state index contributed by atoms with van der Waals surface area (Å²) in [4.78, 5) is 28.0. The Hall–Kier alpha value is -3.15. The maximum Gasteiger partial charge on any atom is 0.258 e. The molecular formula is C19H19N3O3. The van der Waals surface area contributed by atoms with E-state index < -0.39 is 0 Å². The van der Waals surface area contributed by atoms with Crippen LogP contribution in [0.2, 0.25) is 0 Å². The Labute approximate surface area is 145 Å². The highest BCUT2D eigenvalue weighted by atomic mass is 16.5. The molecule has 128 valence electrons. The van der Waals surface area contributed by atoms with Gasteiger partial charge in [-0.2, -0.15) is 0 Å². The van der Waals surface area contributed by atoms with Gasteiger partial charge in [0.05, 0.1) is 5.69 Å². The molecule has 0 aliphatic rings. The molecule has 0 spiro atoms. The zero-order valence-electron chi connectivity index (χ0n) is 14.2. The Morgan fingerprint density at radius 1 is 1.24 bits per heavy atom. The number of pyridine rings is 1. The van der Waals surface area contributed by atoms with Crippen molar-refractivity contribution in [2.75, 3.05) is 5.32 Å². The van der Waals surface area contributed by atoms with E-state index in [9.17, 15) is 9.59 Å². The van der Waals surface area contributed by atoms with Crippen LogP contribution in [-0.2, 0) is 11.4 Å². The molecule has 0 unspecified atom stereocenters. The lowest BCUT2D eigenvalue weighted by molar-refractivity contribution is -0.115. The van der Waals surface area contributed by atoms with Gasteiger partial charge in [-0.05, 0) is 42.8 Å². The topological polar surface area (TPSA) is 72.7 Å². The van der Waals surface area contributed by atoms with Gasteiger partial charge in [0.2, 0.25) is 5.91 Å². The Balaban J connectivity index is 1.73. The van der Waals surface area contributed by atoms with Gasteiger partial charge in [0.1, 0.15) is 18.0 Å². The van der Waals surface area contributed by atoms with E-state index in [0.29, 0.717) is 23.5 Å². The molecule has 6 heteroatoms. The molecule has 0 radical (unpaired) electrons. The first kappa shape index (κ1) is 16.7. The third-order valence-electron chi connectivity index (χ3n) is 3.79. The summed E-state index contributed by atoms with van der Waals surface area (Å²) in [6.07, 6.45) is 2.13. The number of hydrogen-bond donors (Lipinski definition) is 1. The first-order valence-electron chi connectivity index (χ1n) is 8.07. The largest absolute Gasteiger partial charge is 0.487 e. The minimum Gasteiger partial charge on any atom is -0.487 e. The summed E-state index contributed by atoms with van der Waals surface area (Å²) < 4.78 is 7.22. The van der Waals surface area contributed by atoms with Crippen LogP contribution in [0.1, 0.15) is 24.6 Å². The first-order valence-corrected chi connectivity index (χ1v) is 8.07. The highest BCUT2D eigenvalue weighted by Gasteiger charge is 2.06. The fraction of sp³-hybridized carbons (Fsp3) is 0.211. The third kappa shape index (κ3) is 3.85. The molecule has 2 heterocycles. The van der Waals surface area contributed by atoms with E-state index in [1.807, 2.05) is 19.1 Å². The summed E-state index contributed by atoms with van der Waals surface area (Å²) in [5.41, 5.74) is 2.72. The summed E-state index contributed by atoms with van der Waals surface area (Å²) in [7, 11) is 0. The molecule has 3 aromatic rings. The third-order valence-corrected chi connectivity index (χ3v) is 3.79. The van der Waals surface area contributed by atoms with Crippen molar-refractivity contribution in [3.05, 3.63) is 70.3 Å². The second kappa shape index (κ2) is 7.17. The van der Waals surface area contributed by atoms with Gasteiger partial charge in [0.25, 0.3) is 5.56 Å². The molecule has 0 saturated carbocycles. The van der Waals surface area contributed by atoms with Gasteiger partial charge >= 0.3 is 0 Å². The van der Waals surface area contributed by atoms with E-state index in [1.54, 1.807) is 37.4 Å². The van der Waals surface area contributed by atoms with Crippen LogP contribution in [0, 0.1) is 6.92 Å². The van der Waals surface area contributed by atoms with Gasteiger partial charge in [-0.25, -0.2) is 4.98 Å². The molecule has 1 aromatic carbocycles. The summed E-state index contributed by atoms with van der Waals surface area (Å²) in [6, 6.07) is 12.3. The SMILES string of the molecule is CCC(=O)Nc1ccc(OCc2cc(=O)n3cccc(C)c3n2)cc1. The highest BCUT2D eigenvalue weighted by Crippen LogP contribution is 2.17. The zero-order chi connectivity index (χ0) is 17.8. The van der Waals surface area contributed by atoms with Crippen molar-refractivity contribution in [1.29, 1.82) is 0 Å². The average molecular weight is 337 g/mol. The number of carbonyl (C=O) groups is 1. The fourth-order valence-corrected chi connectivity index (χ4v) is 2.42. The monoisotopic (exact) mass is 337 g/mol. The molecule has 0 aliphatic carbocycles. The molecule has 1 N–H and O–H groups in total. The summed E-state index contributed by atoms with van der Waals surface area (Å²) in [5.74, 6) is 0.603. The van der Waals surface area contributed by atoms with Crippen LogP contribution in [-0.4, -0.2) is 15.3 Å². The molecule has 6 nitrogen and oxygen atoms in total. The molecule has 0 aliphatic heterocycles. The number of hydrogen-bond acceptors (Lipinski definition) is 4. The molecule has 0 saturated heterocycles.